The lowest BCUT2D eigenvalue weighted by Gasteiger charge is -2.40. The van der Waals surface area contributed by atoms with E-state index in [1.807, 2.05) is 6.08 Å². The van der Waals surface area contributed by atoms with Gasteiger partial charge in [0.05, 0.1) is 32.0 Å². The molecule has 418 valence electrons. The topological polar surface area (TPSA) is 175 Å². The van der Waals surface area contributed by atoms with E-state index in [0.717, 1.165) is 77.0 Å². The van der Waals surface area contributed by atoms with E-state index < -0.39 is 49.5 Å². The summed E-state index contributed by atoms with van der Waals surface area (Å²) in [6.07, 6.45) is 49.9. The Hall–Kier alpha value is -1.86. The third-order valence-corrected chi connectivity index (χ3v) is 14.3. The van der Waals surface area contributed by atoms with Gasteiger partial charge in [0.1, 0.15) is 24.4 Å². The van der Waals surface area contributed by atoms with Gasteiger partial charge in [-0.1, -0.05) is 237 Å². The Morgan fingerprint density at radius 2 is 0.901 bits per heavy atom. The summed E-state index contributed by atoms with van der Waals surface area (Å²) in [7, 11) is 0. The number of carbonyl (C=O) groups excluding carboxylic acids is 2. The maximum Gasteiger partial charge on any atom is 0.305 e. The predicted octanol–water partition coefficient (Wildman–Crippen LogP) is 13.7. The number of ether oxygens (including phenoxy) is 3. The van der Waals surface area contributed by atoms with Crippen LogP contribution in [0.5, 0.6) is 0 Å². The lowest BCUT2D eigenvalue weighted by atomic mass is 9.99. The van der Waals surface area contributed by atoms with E-state index in [4.69, 9.17) is 14.2 Å². The standard InChI is InChI=1S/C60H113NO10/c1-3-5-7-9-11-13-26-30-34-38-42-46-53(63)52(51-70-60-59(68)58(67)57(66)54(50-62)71-60)61-55(64)47-43-39-35-31-28-24-22-20-18-16-15-17-19-21-23-25-29-33-37-41-45-49-69-56(65)48-44-40-36-32-27-14-12-10-8-6-4-2/h16,18,42,46,52-54,57-60,62-63,66-68H,3-15,17,19-41,43-45,47-51H2,1-2H3,(H,61,64)/b18-16-,46-42+. The van der Waals surface area contributed by atoms with Gasteiger partial charge in [0.2, 0.25) is 5.91 Å². The second kappa shape index (κ2) is 50.3. The Bertz CT molecular complexity index is 1230. The summed E-state index contributed by atoms with van der Waals surface area (Å²) in [6, 6.07) is -0.814. The third-order valence-electron chi connectivity index (χ3n) is 14.3. The van der Waals surface area contributed by atoms with E-state index in [-0.39, 0.29) is 18.5 Å². The van der Waals surface area contributed by atoms with Crippen LogP contribution in [0.3, 0.4) is 0 Å². The van der Waals surface area contributed by atoms with Crippen LogP contribution in [0, 0.1) is 0 Å². The molecular formula is C60H113NO10. The molecule has 0 saturated carbocycles. The quantitative estimate of drug-likeness (QED) is 0.0195. The predicted molar refractivity (Wildman–Crippen MR) is 292 cm³/mol. The molecule has 0 spiro atoms. The number of unbranched alkanes of at least 4 members (excludes halogenated alkanes) is 36. The summed E-state index contributed by atoms with van der Waals surface area (Å²) in [5.41, 5.74) is 0. The largest absolute Gasteiger partial charge is 0.466 e. The lowest BCUT2D eigenvalue weighted by molar-refractivity contribution is -0.302. The van der Waals surface area contributed by atoms with Crippen molar-refractivity contribution in [3.05, 3.63) is 24.3 Å². The molecule has 7 atom stereocenters. The van der Waals surface area contributed by atoms with Crippen LogP contribution < -0.4 is 5.32 Å². The molecule has 0 aliphatic carbocycles. The highest BCUT2D eigenvalue weighted by Crippen LogP contribution is 2.23. The Kier molecular flexibility index (Phi) is 47.6. The molecule has 0 aromatic carbocycles. The van der Waals surface area contributed by atoms with Crippen molar-refractivity contribution in [3.8, 4) is 0 Å². The zero-order valence-electron chi connectivity index (χ0n) is 45.9. The van der Waals surface area contributed by atoms with Gasteiger partial charge in [-0.25, -0.2) is 0 Å². The Labute approximate surface area is 435 Å². The first-order chi connectivity index (χ1) is 34.7. The molecule has 1 heterocycles. The summed E-state index contributed by atoms with van der Waals surface area (Å²) >= 11 is 0. The van der Waals surface area contributed by atoms with Gasteiger partial charge in [-0.05, 0) is 57.8 Å². The summed E-state index contributed by atoms with van der Waals surface area (Å²) < 4.78 is 16.7. The molecule has 1 fully saturated rings. The van der Waals surface area contributed by atoms with Crippen molar-refractivity contribution in [3.63, 3.8) is 0 Å². The van der Waals surface area contributed by atoms with Crippen molar-refractivity contribution >= 4 is 11.9 Å². The van der Waals surface area contributed by atoms with E-state index in [2.05, 4.69) is 31.3 Å². The molecule has 11 heteroatoms. The fourth-order valence-corrected chi connectivity index (χ4v) is 9.49. The van der Waals surface area contributed by atoms with Crippen molar-refractivity contribution in [2.75, 3.05) is 19.8 Å². The summed E-state index contributed by atoms with van der Waals surface area (Å²) in [6.45, 7) is 4.32. The molecule has 0 bridgehead atoms. The Morgan fingerprint density at radius 1 is 0.507 bits per heavy atom. The maximum atomic E-state index is 13.0. The van der Waals surface area contributed by atoms with E-state index >= 15 is 0 Å². The van der Waals surface area contributed by atoms with Gasteiger partial charge in [0, 0.05) is 12.8 Å². The molecule has 6 N–H and O–H groups in total. The number of esters is 1. The first-order valence-electron chi connectivity index (χ1n) is 30.1. The molecule has 0 radical (unpaired) electrons. The second-order valence-electron chi connectivity index (χ2n) is 21.1. The van der Waals surface area contributed by atoms with Gasteiger partial charge >= 0.3 is 5.97 Å². The second-order valence-corrected chi connectivity index (χ2v) is 21.1. The first-order valence-corrected chi connectivity index (χ1v) is 30.1. The molecular weight excluding hydrogens is 895 g/mol. The molecule has 7 unspecified atom stereocenters. The van der Waals surface area contributed by atoms with Crippen LogP contribution in [0.1, 0.15) is 284 Å². The average molecular weight is 1010 g/mol. The van der Waals surface area contributed by atoms with Gasteiger partial charge in [-0.3, -0.25) is 9.59 Å². The molecule has 0 aromatic rings. The molecule has 1 aliphatic rings. The number of hydrogen-bond acceptors (Lipinski definition) is 10. The molecule has 0 aromatic heterocycles. The zero-order chi connectivity index (χ0) is 51.7. The van der Waals surface area contributed by atoms with Crippen LogP contribution in [0.15, 0.2) is 24.3 Å². The highest BCUT2D eigenvalue weighted by Gasteiger charge is 2.44. The van der Waals surface area contributed by atoms with Crippen LogP contribution >= 0.6 is 0 Å². The van der Waals surface area contributed by atoms with Gasteiger partial charge in [0.15, 0.2) is 6.29 Å². The number of hydrogen-bond donors (Lipinski definition) is 6. The minimum absolute atomic E-state index is 0.00524. The number of amides is 1. The van der Waals surface area contributed by atoms with Crippen molar-refractivity contribution in [1.82, 2.24) is 5.32 Å². The van der Waals surface area contributed by atoms with Crippen LogP contribution in [0.4, 0.5) is 0 Å². The smallest absolute Gasteiger partial charge is 0.305 e. The number of aliphatic hydroxyl groups excluding tert-OH is 5. The van der Waals surface area contributed by atoms with E-state index in [1.54, 1.807) is 6.08 Å². The van der Waals surface area contributed by atoms with Crippen LogP contribution in [-0.2, 0) is 23.8 Å². The lowest BCUT2D eigenvalue weighted by Crippen LogP contribution is -2.60. The van der Waals surface area contributed by atoms with Crippen LogP contribution in [0.25, 0.3) is 0 Å². The first kappa shape index (κ1) is 67.2. The Balaban J connectivity index is 2.06. The number of allylic oxidation sites excluding steroid dienone is 3. The fraction of sp³-hybridized carbons (Fsp3) is 0.900. The van der Waals surface area contributed by atoms with Crippen molar-refractivity contribution in [1.29, 1.82) is 0 Å². The fourth-order valence-electron chi connectivity index (χ4n) is 9.49. The highest BCUT2D eigenvalue weighted by molar-refractivity contribution is 5.76. The molecule has 1 rings (SSSR count). The van der Waals surface area contributed by atoms with Gasteiger partial charge in [-0.2, -0.15) is 0 Å². The molecule has 11 nitrogen and oxygen atoms in total. The SMILES string of the molecule is CCCCCCCCCCC/C=C/C(O)C(COC1OC(CO)C(O)C(O)C1O)NC(=O)CCCCCCCCC/C=C\CCCCCCCCCCCCOC(=O)CCCCCCCCCCCCC. The van der Waals surface area contributed by atoms with Gasteiger partial charge in [-0.15, -0.1) is 0 Å². The monoisotopic (exact) mass is 1010 g/mol. The minimum Gasteiger partial charge on any atom is -0.466 e. The van der Waals surface area contributed by atoms with Crippen LogP contribution in [0.2, 0.25) is 0 Å². The molecule has 1 saturated heterocycles. The van der Waals surface area contributed by atoms with Crippen molar-refractivity contribution < 1.29 is 49.3 Å². The summed E-state index contributed by atoms with van der Waals surface area (Å²) in [4.78, 5) is 25.0. The number of aliphatic hydroxyl groups is 5. The summed E-state index contributed by atoms with van der Waals surface area (Å²) in [5, 5.41) is 54.3. The minimum atomic E-state index is -1.57. The van der Waals surface area contributed by atoms with Gasteiger partial charge in [0.25, 0.3) is 0 Å². The number of rotatable bonds is 52. The Morgan fingerprint density at radius 3 is 1.35 bits per heavy atom. The number of nitrogens with one attached hydrogen (secondary N) is 1. The van der Waals surface area contributed by atoms with Crippen molar-refractivity contribution in [2.45, 2.75) is 326 Å². The highest BCUT2D eigenvalue weighted by atomic mass is 16.7. The zero-order valence-corrected chi connectivity index (χ0v) is 45.9. The normalized spacial score (nSPS) is 19.2. The van der Waals surface area contributed by atoms with Crippen molar-refractivity contribution in [2.24, 2.45) is 0 Å². The maximum absolute atomic E-state index is 13.0. The van der Waals surface area contributed by atoms with E-state index in [0.29, 0.717) is 19.4 Å². The number of carbonyl (C=O) groups is 2. The van der Waals surface area contributed by atoms with Crippen LogP contribution in [-0.4, -0.2) is 100 Å². The summed E-state index contributed by atoms with van der Waals surface area (Å²) in [5.74, 6) is -0.195. The molecule has 71 heavy (non-hydrogen) atoms. The van der Waals surface area contributed by atoms with Gasteiger partial charge < -0.3 is 45.1 Å². The molecule has 1 amide bonds. The average Bonchev–Trinajstić information content (AvgIpc) is 3.37. The van der Waals surface area contributed by atoms with E-state index in [1.165, 1.54) is 180 Å². The molecule has 1 aliphatic heterocycles. The van der Waals surface area contributed by atoms with E-state index in [9.17, 15) is 35.1 Å². The third kappa shape index (κ3) is 40.2.